The SMILES string of the molecule is CN(C(=O)COC1COC1)c1ccc(N)cc1. The van der Waals surface area contributed by atoms with Gasteiger partial charge in [-0.2, -0.15) is 0 Å². The first-order valence-electron chi connectivity index (χ1n) is 5.48. The van der Waals surface area contributed by atoms with Gasteiger partial charge in [0.15, 0.2) is 0 Å². The van der Waals surface area contributed by atoms with Gasteiger partial charge in [0.05, 0.1) is 13.2 Å². The first-order valence-corrected chi connectivity index (χ1v) is 5.48. The number of carbonyl (C=O) groups excluding carboxylic acids is 1. The zero-order chi connectivity index (χ0) is 12.3. The summed E-state index contributed by atoms with van der Waals surface area (Å²) in [6.07, 6.45) is 0.0683. The molecule has 5 heteroatoms. The van der Waals surface area contributed by atoms with Crippen molar-refractivity contribution in [2.75, 3.05) is 37.5 Å². The van der Waals surface area contributed by atoms with Crippen molar-refractivity contribution in [3.05, 3.63) is 24.3 Å². The number of hydrogen-bond donors (Lipinski definition) is 1. The molecule has 1 aliphatic heterocycles. The van der Waals surface area contributed by atoms with Crippen molar-refractivity contribution in [1.82, 2.24) is 0 Å². The van der Waals surface area contributed by atoms with Gasteiger partial charge in [-0.05, 0) is 24.3 Å². The molecule has 1 aromatic carbocycles. The molecule has 0 aliphatic carbocycles. The molecule has 0 spiro atoms. The monoisotopic (exact) mass is 236 g/mol. The number of amides is 1. The summed E-state index contributed by atoms with van der Waals surface area (Å²) in [6, 6.07) is 7.14. The van der Waals surface area contributed by atoms with Crippen molar-refractivity contribution in [2.24, 2.45) is 0 Å². The zero-order valence-electron chi connectivity index (χ0n) is 9.76. The fourth-order valence-electron chi connectivity index (χ4n) is 1.44. The maximum atomic E-state index is 11.8. The molecule has 1 heterocycles. The van der Waals surface area contributed by atoms with Gasteiger partial charge in [0.25, 0.3) is 5.91 Å². The number of carbonyl (C=O) groups is 1. The van der Waals surface area contributed by atoms with Crippen molar-refractivity contribution < 1.29 is 14.3 Å². The Balaban J connectivity index is 1.87. The van der Waals surface area contributed by atoms with Crippen LogP contribution in [-0.2, 0) is 14.3 Å². The van der Waals surface area contributed by atoms with Crippen LogP contribution >= 0.6 is 0 Å². The Morgan fingerprint density at radius 1 is 1.47 bits per heavy atom. The molecule has 1 saturated heterocycles. The molecule has 1 fully saturated rings. The molecule has 0 radical (unpaired) electrons. The second-order valence-corrected chi connectivity index (χ2v) is 4.01. The van der Waals surface area contributed by atoms with Gasteiger partial charge in [-0.1, -0.05) is 0 Å². The van der Waals surface area contributed by atoms with E-state index in [4.69, 9.17) is 15.2 Å². The zero-order valence-corrected chi connectivity index (χ0v) is 9.76. The first kappa shape index (κ1) is 11.9. The highest BCUT2D eigenvalue weighted by Crippen LogP contribution is 2.15. The van der Waals surface area contributed by atoms with Gasteiger partial charge < -0.3 is 20.1 Å². The smallest absolute Gasteiger partial charge is 0.252 e. The van der Waals surface area contributed by atoms with Crippen molar-refractivity contribution in [1.29, 1.82) is 0 Å². The summed E-state index contributed by atoms with van der Waals surface area (Å²) in [6.45, 7) is 1.24. The molecular weight excluding hydrogens is 220 g/mol. The third kappa shape index (κ3) is 2.95. The number of nitrogens with zero attached hydrogens (tertiary/aromatic N) is 1. The van der Waals surface area contributed by atoms with Crippen molar-refractivity contribution >= 4 is 17.3 Å². The summed E-state index contributed by atoms with van der Waals surface area (Å²) in [5.74, 6) is -0.0818. The topological polar surface area (TPSA) is 64.8 Å². The quantitative estimate of drug-likeness (QED) is 0.779. The minimum Gasteiger partial charge on any atom is -0.399 e. The number of anilines is 2. The van der Waals surface area contributed by atoms with E-state index in [1.165, 1.54) is 0 Å². The molecule has 5 nitrogen and oxygen atoms in total. The summed E-state index contributed by atoms with van der Waals surface area (Å²) in [4.78, 5) is 13.4. The maximum absolute atomic E-state index is 11.8. The van der Waals surface area contributed by atoms with Gasteiger partial charge in [0.1, 0.15) is 12.7 Å². The average Bonchev–Trinajstić information content (AvgIpc) is 2.27. The van der Waals surface area contributed by atoms with Crippen LogP contribution in [0.2, 0.25) is 0 Å². The summed E-state index contributed by atoms with van der Waals surface area (Å²) < 4.78 is 10.3. The number of benzene rings is 1. The van der Waals surface area contributed by atoms with Crippen molar-refractivity contribution in [2.45, 2.75) is 6.10 Å². The molecule has 0 aromatic heterocycles. The lowest BCUT2D eigenvalue weighted by Crippen LogP contribution is -2.40. The van der Waals surface area contributed by atoms with Crippen LogP contribution < -0.4 is 10.6 Å². The van der Waals surface area contributed by atoms with Crippen molar-refractivity contribution in [3.63, 3.8) is 0 Å². The van der Waals surface area contributed by atoms with Crippen LogP contribution in [0.25, 0.3) is 0 Å². The van der Waals surface area contributed by atoms with Gasteiger partial charge in [-0.25, -0.2) is 0 Å². The second kappa shape index (κ2) is 5.16. The fraction of sp³-hybridized carbons (Fsp3) is 0.417. The van der Waals surface area contributed by atoms with Crippen LogP contribution in [0.5, 0.6) is 0 Å². The van der Waals surface area contributed by atoms with Gasteiger partial charge in [0, 0.05) is 18.4 Å². The molecule has 1 aromatic rings. The standard InChI is InChI=1S/C12H16N2O3/c1-14(10-4-2-9(13)3-5-10)12(15)8-17-11-6-16-7-11/h2-5,11H,6-8,13H2,1H3. The minimum absolute atomic E-state index is 0.0683. The highest BCUT2D eigenvalue weighted by atomic mass is 16.6. The number of hydrogen-bond acceptors (Lipinski definition) is 4. The Labute approximate surface area is 100 Å². The lowest BCUT2D eigenvalue weighted by Gasteiger charge is -2.26. The van der Waals surface area contributed by atoms with E-state index in [2.05, 4.69) is 0 Å². The van der Waals surface area contributed by atoms with Gasteiger partial charge in [-0.15, -0.1) is 0 Å². The molecule has 17 heavy (non-hydrogen) atoms. The predicted molar refractivity (Wildman–Crippen MR) is 64.8 cm³/mol. The predicted octanol–water partition coefficient (Wildman–Crippen LogP) is 0.647. The molecule has 0 unspecified atom stereocenters. The normalized spacial score (nSPS) is 15.4. The molecule has 2 rings (SSSR count). The highest BCUT2D eigenvalue weighted by Gasteiger charge is 2.21. The summed E-state index contributed by atoms with van der Waals surface area (Å²) >= 11 is 0. The molecule has 0 atom stereocenters. The van der Waals surface area contributed by atoms with E-state index < -0.39 is 0 Å². The van der Waals surface area contributed by atoms with Crippen LogP contribution in [0.4, 0.5) is 11.4 Å². The highest BCUT2D eigenvalue weighted by molar-refractivity contribution is 5.93. The van der Waals surface area contributed by atoms with Crippen LogP contribution in [0, 0.1) is 0 Å². The van der Waals surface area contributed by atoms with Crippen molar-refractivity contribution in [3.8, 4) is 0 Å². The Kier molecular flexibility index (Phi) is 3.61. The number of nitrogens with two attached hydrogens (primary N) is 1. The number of rotatable bonds is 4. The largest absolute Gasteiger partial charge is 0.399 e. The fourth-order valence-corrected chi connectivity index (χ4v) is 1.44. The van der Waals surface area contributed by atoms with E-state index in [0.29, 0.717) is 18.9 Å². The van der Waals surface area contributed by atoms with Gasteiger partial charge in [-0.3, -0.25) is 4.79 Å². The second-order valence-electron chi connectivity index (χ2n) is 4.01. The third-order valence-corrected chi connectivity index (χ3v) is 2.70. The Bertz CT molecular complexity index is 387. The summed E-state index contributed by atoms with van der Waals surface area (Å²) in [5.41, 5.74) is 7.07. The van der Waals surface area contributed by atoms with E-state index >= 15 is 0 Å². The first-order chi connectivity index (χ1) is 8.16. The summed E-state index contributed by atoms with van der Waals surface area (Å²) in [5, 5.41) is 0. The van der Waals surface area contributed by atoms with Crippen LogP contribution in [0.3, 0.4) is 0 Å². The minimum atomic E-state index is -0.0818. The Hall–Kier alpha value is -1.59. The molecule has 1 aliphatic rings. The third-order valence-electron chi connectivity index (χ3n) is 2.70. The van der Waals surface area contributed by atoms with Crippen LogP contribution in [-0.4, -0.2) is 38.9 Å². The average molecular weight is 236 g/mol. The number of nitrogen functional groups attached to an aromatic ring is 1. The Morgan fingerprint density at radius 2 is 2.12 bits per heavy atom. The molecule has 1 amide bonds. The number of ether oxygens (including phenoxy) is 2. The Morgan fingerprint density at radius 3 is 2.65 bits per heavy atom. The van der Waals surface area contributed by atoms with Crippen LogP contribution in [0.15, 0.2) is 24.3 Å². The molecule has 2 N–H and O–H groups in total. The lowest BCUT2D eigenvalue weighted by atomic mass is 10.2. The summed E-state index contributed by atoms with van der Waals surface area (Å²) in [7, 11) is 1.72. The van der Waals surface area contributed by atoms with E-state index in [1.54, 1.807) is 36.2 Å². The lowest BCUT2D eigenvalue weighted by molar-refractivity contribution is -0.146. The van der Waals surface area contributed by atoms with E-state index in [9.17, 15) is 4.79 Å². The van der Waals surface area contributed by atoms with Crippen LogP contribution in [0.1, 0.15) is 0 Å². The maximum Gasteiger partial charge on any atom is 0.252 e. The molecular formula is C12H16N2O3. The van der Waals surface area contributed by atoms with Gasteiger partial charge >= 0.3 is 0 Å². The van der Waals surface area contributed by atoms with E-state index in [-0.39, 0.29) is 18.6 Å². The van der Waals surface area contributed by atoms with E-state index in [1.807, 2.05) is 0 Å². The molecule has 0 bridgehead atoms. The van der Waals surface area contributed by atoms with Gasteiger partial charge in [0.2, 0.25) is 0 Å². The number of likely N-dealkylation sites (N-methyl/N-ethyl adjacent to an activating group) is 1. The van der Waals surface area contributed by atoms with E-state index in [0.717, 1.165) is 5.69 Å². The molecule has 0 saturated carbocycles. The molecule has 92 valence electrons.